The molecular weight excluding hydrogens is 375 g/mol. The monoisotopic (exact) mass is 420 g/mol. The van der Waals surface area contributed by atoms with Crippen molar-refractivity contribution in [1.82, 2.24) is 0 Å². The first kappa shape index (κ1) is 25.6. The molecule has 0 aromatic rings. The SMILES string of the molecule is CCCCCCCCCCCCCCCCCOP(O)(=S)OC1CCCC1. The van der Waals surface area contributed by atoms with Crippen LogP contribution >= 0.6 is 6.72 Å². The first-order chi connectivity index (χ1) is 13.1. The van der Waals surface area contributed by atoms with Gasteiger partial charge in [-0.25, -0.2) is 0 Å². The summed E-state index contributed by atoms with van der Waals surface area (Å²) in [7, 11) is 0. The molecule has 0 saturated heterocycles. The summed E-state index contributed by atoms with van der Waals surface area (Å²) in [6.07, 6.45) is 24.8. The minimum atomic E-state index is -3.00. The van der Waals surface area contributed by atoms with Crippen molar-refractivity contribution < 1.29 is 13.9 Å². The lowest BCUT2D eigenvalue weighted by Crippen LogP contribution is -2.07. The van der Waals surface area contributed by atoms with Gasteiger partial charge >= 0.3 is 6.72 Å². The molecule has 0 spiro atoms. The van der Waals surface area contributed by atoms with Gasteiger partial charge in [-0.15, -0.1) is 0 Å². The second kappa shape index (κ2) is 17.4. The van der Waals surface area contributed by atoms with Crippen molar-refractivity contribution in [3.05, 3.63) is 0 Å². The summed E-state index contributed by atoms with van der Waals surface area (Å²) in [5.41, 5.74) is 0. The van der Waals surface area contributed by atoms with Crippen molar-refractivity contribution >= 4 is 18.5 Å². The highest BCUT2D eigenvalue weighted by atomic mass is 32.5. The Hall–Kier alpha value is 0.530. The zero-order valence-corrected chi connectivity index (χ0v) is 19.5. The van der Waals surface area contributed by atoms with Gasteiger partial charge in [-0.05, 0) is 31.1 Å². The van der Waals surface area contributed by atoms with Gasteiger partial charge in [-0.1, -0.05) is 110 Å². The first-order valence-electron chi connectivity index (χ1n) is 11.8. The van der Waals surface area contributed by atoms with E-state index in [9.17, 15) is 4.89 Å². The average Bonchev–Trinajstić information content (AvgIpc) is 3.13. The largest absolute Gasteiger partial charge is 0.324 e. The summed E-state index contributed by atoms with van der Waals surface area (Å²) >= 11 is 5.11. The number of hydrogen-bond acceptors (Lipinski definition) is 3. The average molecular weight is 421 g/mol. The molecule has 0 aliphatic heterocycles. The van der Waals surface area contributed by atoms with Crippen LogP contribution in [-0.2, 0) is 20.9 Å². The van der Waals surface area contributed by atoms with Crippen LogP contribution in [0.15, 0.2) is 0 Å². The molecule has 27 heavy (non-hydrogen) atoms. The highest BCUT2D eigenvalue weighted by Gasteiger charge is 2.24. The Morgan fingerprint density at radius 2 is 1.15 bits per heavy atom. The van der Waals surface area contributed by atoms with Crippen molar-refractivity contribution in [1.29, 1.82) is 0 Å². The van der Waals surface area contributed by atoms with E-state index in [2.05, 4.69) is 6.92 Å². The van der Waals surface area contributed by atoms with Crippen molar-refractivity contribution in [3.8, 4) is 0 Å². The Kier molecular flexibility index (Phi) is 16.5. The van der Waals surface area contributed by atoms with E-state index in [1.54, 1.807) is 0 Å². The smallest absolute Gasteiger partial charge is 0.324 e. The fourth-order valence-electron chi connectivity index (χ4n) is 3.87. The summed E-state index contributed by atoms with van der Waals surface area (Å²) in [5.74, 6) is 0. The maximum atomic E-state index is 10.1. The van der Waals surface area contributed by atoms with Crippen molar-refractivity contribution in [2.24, 2.45) is 0 Å². The number of unbranched alkanes of at least 4 members (excludes halogenated alkanes) is 14. The van der Waals surface area contributed by atoms with Crippen LogP contribution in [0.5, 0.6) is 0 Å². The topological polar surface area (TPSA) is 38.7 Å². The summed E-state index contributed by atoms with van der Waals surface area (Å²) in [5, 5.41) is 0. The van der Waals surface area contributed by atoms with E-state index in [-0.39, 0.29) is 6.10 Å². The Morgan fingerprint density at radius 3 is 1.59 bits per heavy atom. The molecule has 1 N–H and O–H groups in total. The summed E-state index contributed by atoms with van der Waals surface area (Å²) in [4.78, 5) is 10.1. The van der Waals surface area contributed by atoms with Crippen LogP contribution in [0.4, 0.5) is 0 Å². The van der Waals surface area contributed by atoms with Crippen LogP contribution in [0.25, 0.3) is 0 Å². The molecule has 0 amide bonds. The Balaban J connectivity index is 1.77. The second-order valence-corrected chi connectivity index (χ2v) is 11.1. The molecule has 162 valence electrons. The van der Waals surface area contributed by atoms with E-state index >= 15 is 0 Å². The van der Waals surface area contributed by atoms with Gasteiger partial charge in [-0.2, -0.15) is 0 Å². The standard InChI is InChI=1S/C22H45O3PS/c1-2-3-4-5-6-7-8-9-10-11-12-13-14-15-18-21-24-26(23,27)25-22-19-16-17-20-22/h22H,2-21H2,1H3,(H,23,27). The van der Waals surface area contributed by atoms with E-state index in [1.165, 1.54) is 96.3 Å². The van der Waals surface area contributed by atoms with Crippen molar-refractivity contribution in [2.45, 2.75) is 135 Å². The maximum absolute atomic E-state index is 10.1. The minimum Gasteiger partial charge on any atom is -0.324 e. The highest BCUT2D eigenvalue weighted by molar-refractivity contribution is 8.07. The third-order valence-electron chi connectivity index (χ3n) is 5.59. The van der Waals surface area contributed by atoms with Crippen LogP contribution in [0.1, 0.15) is 129 Å². The predicted octanol–water partition coefficient (Wildman–Crippen LogP) is 8.05. The maximum Gasteiger partial charge on any atom is 0.324 e. The van der Waals surface area contributed by atoms with Crippen LogP contribution in [0.3, 0.4) is 0 Å². The molecule has 1 aliphatic rings. The quantitative estimate of drug-likeness (QED) is 0.169. The van der Waals surface area contributed by atoms with Gasteiger partial charge in [-0.3, -0.25) is 0 Å². The molecule has 1 unspecified atom stereocenters. The number of rotatable bonds is 19. The fourth-order valence-corrected chi connectivity index (χ4v) is 5.46. The molecule has 0 radical (unpaired) electrons. The lowest BCUT2D eigenvalue weighted by Gasteiger charge is -2.19. The molecule has 1 atom stereocenters. The molecule has 5 heteroatoms. The Morgan fingerprint density at radius 1 is 0.741 bits per heavy atom. The predicted molar refractivity (Wildman–Crippen MR) is 121 cm³/mol. The van der Waals surface area contributed by atoms with Gasteiger partial charge in [0.25, 0.3) is 0 Å². The van der Waals surface area contributed by atoms with Gasteiger partial charge in [0.2, 0.25) is 0 Å². The molecule has 0 bridgehead atoms. The van der Waals surface area contributed by atoms with Gasteiger partial charge in [0.1, 0.15) is 0 Å². The zero-order valence-electron chi connectivity index (χ0n) is 17.8. The Labute approximate surface area is 174 Å². The fraction of sp³-hybridized carbons (Fsp3) is 1.00. The van der Waals surface area contributed by atoms with E-state index in [4.69, 9.17) is 20.9 Å². The molecular formula is C22H45O3PS. The second-order valence-electron chi connectivity index (χ2n) is 8.26. The molecule has 1 saturated carbocycles. The van der Waals surface area contributed by atoms with Crippen LogP contribution in [-0.4, -0.2) is 17.6 Å². The molecule has 0 heterocycles. The molecule has 1 rings (SSSR count). The molecule has 1 aliphatic carbocycles. The summed E-state index contributed by atoms with van der Waals surface area (Å²) in [6, 6.07) is 0. The van der Waals surface area contributed by atoms with Crippen molar-refractivity contribution in [3.63, 3.8) is 0 Å². The van der Waals surface area contributed by atoms with Gasteiger partial charge in [0.05, 0.1) is 12.7 Å². The summed E-state index contributed by atoms with van der Waals surface area (Å²) < 4.78 is 11.0. The minimum absolute atomic E-state index is 0.127. The third kappa shape index (κ3) is 16.1. The highest BCUT2D eigenvalue weighted by Crippen LogP contribution is 2.47. The molecule has 0 aromatic carbocycles. The van der Waals surface area contributed by atoms with E-state index in [1.807, 2.05) is 0 Å². The first-order valence-corrected chi connectivity index (χ1v) is 14.4. The van der Waals surface area contributed by atoms with Crippen LogP contribution < -0.4 is 0 Å². The molecule has 0 aromatic heterocycles. The van der Waals surface area contributed by atoms with Gasteiger partial charge in [0.15, 0.2) is 0 Å². The normalized spacial score (nSPS) is 17.4. The Bertz CT molecular complexity index is 373. The van der Waals surface area contributed by atoms with Gasteiger partial charge < -0.3 is 13.9 Å². The van der Waals surface area contributed by atoms with E-state index < -0.39 is 6.72 Å². The lowest BCUT2D eigenvalue weighted by molar-refractivity contribution is 0.143. The van der Waals surface area contributed by atoms with E-state index in [0.29, 0.717) is 6.61 Å². The lowest BCUT2D eigenvalue weighted by atomic mass is 10.0. The third-order valence-corrected chi connectivity index (χ3v) is 7.23. The molecule has 3 nitrogen and oxygen atoms in total. The van der Waals surface area contributed by atoms with Crippen molar-refractivity contribution in [2.75, 3.05) is 6.61 Å². The van der Waals surface area contributed by atoms with Gasteiger partial charge in [0, 0.05) is 0 Å². The summed E-state index contributed by atoms with van der Waals surface area (Å²) in [6.45, 7) is -0.176. The molecule has 1 fully saturated rings. The number of hydrogen-bond donors (Lipinski definition) is 1. The van der Waals surface area contributed by atoms with Crippen LogP contribution in [0.2, 0.25) is 0 Å². The van der Waals surface area contributed by atoms with E-state index in [0.717, 1.165) is 25.7 Å². The zero-order chi connectivity index (χ0) is 19.6. The van der Waals surface area contributed by atoms with Crippen LogP contribution in [0, 0.1) is 0 Å².